The normalized spacial score (nSPS) is 25.8. The third-order valence-electron chi connectivity index (χ3n) is 3.75. The molecule has 0 amide bonds. The molecule has 1 aliphatic carbocycles. The van der Waals surface area contributed by atoms with Crippen LogP contribution in [0.2, 0.25) is 0 Å². The third-order valence-corrected chi connectivity index (χ3v) is 5.07. The summed E-state index contributed by atoms with van der Waals surface area (Å²) in [6.45, 7) is 5.59. The Bertz CT molecular complexity index is 391. The lowest BCUT2D eigenvalue weighted by atomic mass is 9.90. The van der Waals surface area contributed by atoms with Gasteiger partial charge in [0.05, 0.1) is 10.7 Å². The van der Waals surface area contributed by atoms with E-state index in [2.05, 4.69) is 0 Å². The molecule has 18 heavy (non-hydrogen) atoms. The first-order valence-corrected chi connectivity index (χ1v) is 7.84. The van der Waals surface area contributed by atoms with Crippen molar-refractivity contribution in [3.05, 3.63) is 0 Å². The highest BCUT2D eigenvalue weighted by atomic mass is 32.2. The van der Waals surface area contributed by atoms with E-state index in [1.165, 1.54) is 0 Å². The van der Waals surface area contributed by atoms with Gasteiger partial charge in [-0.15, -0.1) is 0 Å². The van der Waals surface area contributed by atoms with Gasteiger partial charge in [-0.25, -0.2) is 0 Å². The van der Waals surface area contributed by atoms with E-state index in [0.29, 0.717) is 32.1 Å². The Morgan fingerprint density at radius 2 is 1.78 bits per heavy atom. The lowest BCUT2D eigenvalue weighted by Crippen LogP contribution is -2.35. The van der Waals surface area contributed by atoms with Crippen molar-refractivity contribution in [1.29, 1.82) is 0 Å². The molecule has 0 aromatic rings. The summed E-state index contributed by atoms with van der Waals surface area (Å²) < 4.78 is 36.3. The van der Waals surface area contributed by atoms with Crippen LogP contribution in [0.15, 0.2) is 0 Å². The van der Waals surface area contributed by atoms with E-state index in [0.717, 1.165) is 0 Å². The Hall–Kier alpha value is -0.620. The number of rotatable bonds is 4. The summed E-state index contributed by atoms with van der Waals surface area (Å²) >= 11 is 0. The number of carbonyl (C=O) groups excluding carboxylic acids is 1. The van der Waals surface area contributed by atoms with E-state index in [1.807, 2.05) is 20.8 Å². The fourth-order valence-corrected chi connectivity index (χ4v) is 2.77. The smallest absolute Gasteiger partial charge is 0.311 e. The molecule has 1 rings (SSSR count). The van der Waals surface area contributed by atoms with Crippen molar-refractivity contribution >= 4 is 16.1 Å². The van der Waals surface area contributed by atoms with E-state index in [9.17, 15) is 13.2 Å². The highest BCUT2D eigenvalue weighted by Crippen LogP contribution is 2.29. The molecular formula is C12H22O5S. The summed E-state index contributed by atoms with van der Waals surface area (Å²) in [6, 6.07) is 0. The monoisotopic (exact) mass is 278 g/mol. The first-order chi connectivity index (χ1) is 8.16. The summed E-state index contributed by atoms with van der Waals surface area (Å²) in [5, 5.41) is -0.702. The maximum absolute atomic E-state index is 11.9. The zero-order valence-electron chi connectivity index (χ0n) is 11.2. The number of esters is 1. The molecule has 0 aromatic carbocycles. The molecule has 0 spiro atoms. The Morgan fingerprint density at radius 1 is 1.28 bits per heavy atom. The van der Waals surface area contributed by atoms with Crippen molar-refractivity contribution < 1.29 is 22.5 Å². The van der Waals surface area contributed by atoms with Gasteiger partial charge in [0, 0.05) is 0 Å². The molecule has 1 aliphatic rings. The summed E-state index contributed by atoms with van der Waals surface area (Å²) in [5.41, 5.74) is -0.500. The Morgan fingerprint density at radius 3 is 2.17 bits per heavy atom. The van der Waals surface area contributed by atoms with Crippen molar-refractivity contribution in [3.8, 4) is 0 Å². The molecule has 5 nitrogen and oxygen atoms in total. The minimum atomic E-state index is -3.95. The fraction of sp³-hybridized carbons (Fsp3) is 0.917. The predicted octanol–water partition coefficient (Wildman–Crippen LogP) is 2.16. The van der Waals surface area contributed by atoms with Crippen molar-refractivity contribution in [3.63, 3.8) is 0 Å². The molecule has 106 valence electrons. The number of hydrogen-bond donors (Lipinski definition) is 1. The van der Waals surface area contributed by atoms with Crippen molar-refractivity contribution in [1.82, 2.24) is 0 Å². The second-order valence-corrected chi connectivity index (χ2v) is 7.25. The van der Waals surface area contributed by atoms with Gasteiger partial charge >= 0.3 is 5.97 Å². The van der Waals surface area contributed by atoms with Crippen LogP contribution in [-0.4, -0.2) is 30.3 Å². The number of hydrogen-bond acceptors (Lipinski definition) is 4. The topological polar surface area (TPSA) is 80.7 Å². The van der Waals surface area contributed by atoms with E-state index in [1.54, 1.807) is 0 Å². The molecule has 0 aromatic heterocycles. The maximum Gasteiger partial charge on any atom is 0.311 e. The molecule has 1 fully saturated rings. The van der Waals surface area contributed by atoms with Crippen LogP contribution >= 0.6 is 0 Å². The molecular weight excluding hydrogens is 256 g/mol. The molecule has 1 saturated carbocycles. The zero-order chi connectivity index (χ0) is 14.0. The van der Waals surface area contributed by atoms with Crippen molar-refractivity contribution in [2.45, 2.75) is 64.2 Å². The molecule has 0 unspecified atom stereocenters. The quantitative estimate of drug-likeness (QED) is 0.629. The molecule has 0 saturated heterocycles. The average Bonchev–Trinajstić information content (AvgIpc) is 2.28. The van der Waals surface area contributed by atoms with E-state index >= 15 is 0 Å². The molecule has 0 atom stereocenters. The lowest BCUT2D eigenvalue weighted by molar-refractivity contribution is -0.161. The second kappa shape index (κ2) is 5.57. The molecule has 6 heteroatoms. The van der Waals surface area contributed by atoms with E-state index in [4.69, 9.17) is 9.29 Å². The zero-order valence-corrected chi connectivity index (χ0v) is 12.0. The maximum atomic E-state index is 11.9. The highest BCUT2D eigenvalue weighted by molar-refractivity contribution is 7.86. The van der Waals surface area contributed by atoms with Crippen LogP contribution in [0.3, 0.4) is 0 Å². The van der Waals surface area contributed by atoms with Gasteiger partial charge in [0.15, 0.2) is 0 Å². The highest BCUT2D eigenvalue weighted by Gasteiger charge is 2.34. The molecule has 0 heterocycles. The lowest BCUT2D eigenvalue weighted by Gasteiger charge is -2.29. The molecule has 0 radical (unpaired) electrons. The van der Waals surface area contributed by atoms with Crippen LogP contribution in [0.25, 0.3) is 0 Å². The Kier molecular flexibility index (Phi) is 4.78. The van der Waals surface area contributed by atoms with Crippen LogP contribution in [0.5, 0.6) is 0 Å². The SMILES string of the molecule is CCC(C)(C)C(=O)OC1CCC(S(=O)(=O)O)CC1. The molecule has 0 bridgehead atoms. The van der Waals surface area contributed by atoms with Crippen molar-refractivity contribution in [2.75, 3.05) is 0 Å². The van der Waals surface area contributed by atoms with Gasteiger partial charge in [-0.3, -0.25) is 9.35 Å². The minimum absolute atomic E-state index is 0.221. The van der Waals surface area contributed by atoms with Crippen LogP contribution in [-0.2, 0) is 19.6 Å². The van der Waals surface area contributed by atoms with Crippen molar-refractivity contribution in [2.24, 2.45) is 5.41 Å². The van der Waals surface area contributed by atoms with Gasteiger partial charge in [-0.1, -0.05) is 6.92 Å². The third kappa shape index (κ3) is 3.95. The summed E-state index contributed by atoms with van der Waals surface area (Å²) in [4.78, 5) is 11.9. The first kappa shape index (κ1) is 15.4. The Labute approximate surface area is 109 Å². The number of carbonyl (C=O) groups is 1. The van der Waals surface area contributed by atoms with E-state index < -0.39 is 20.8 Å². The minimum Gasteiger partial charge on any atom is -0.462 e. The molecule has 0 aliphatic heterocycles. The fourth-order valence-electron chi connectivity index (χ4n) is 1.90. The summed E-state index contributed by atoms with van der Waals surface area (Å²) in [5.74, 6) is -0.236. The van der Waals surface area contributed by atoms with Crippen LogP contribution < -0.4 is 0 Å². The predicted molar refractivity (Wildman–Crippen MR) is 67.8 cm³/mol. The van der Waals surface area contributed by atoms with Gasteiger partial charge < -0.3 is 4.74 Å². The first-order valence-electron chi connectivity index (χ1n) is 6.34. The van der Waals surface area contributed by atoms with Crippen LogP contribution in [0.1, 0.15) is 52.9 Å². The standard InChI is InChI=1S/C12H22O5S/c1-4-12(2,3)11(13)17-9-5-7-10(8-6-9)18(14,15)16/h9-10H,4-8H2,1-3H3,(H,14,15,16). The van der Waals surface area contributed by atoms with Gasteiger partial charge in [-0.05, 0) is 46.0 Å². The summed E-state index contributed by atoms with van der Waals surface area (Å²) in [7, 11) is -3.95. The second-order valence-electron chi connectivity index (χ2n) is 5.56. The number of ether oxygens (including phenoxy) is 1. The van der Waals surface area contributed by atoms with Gasteiger partial charge in [0.1, 0.15) is 6.10 Å². The van der Waals surface area contributed by atoms with Crippen LogP contribution in [0.4, 0.5) is 0 Å². The van der Waals surface area contributed by atoms with Gasteiger partial charge in [-0.2, -0.15) is 8.42 Å². The van der Waals surface area contributed by atoms with Gasteiger partial charge in [0.2, 0.25) is 0 Å². The Balaban J connectivity index is 2.48. The average molecular weight is 278 g/mol. The van der Waals surface area contributed by atoms with Crippen LogP contribution in [0, 0.1) is 5.41 Å². The van der Waals surface area contributed by atoms with Gasteiger partial charge in [0.25, 0.3) is 10.1 Å². The van der Waals surface area contributed by atoms with E-state index in [-0.39, 0.29) is 12.1 Å². The largest absolute Gasteiger partial charge is 0.462 e. The molecule has 1 N–H and O–H groups in total. The summed E-state index contributed by atoms with van der Waals surface area (Å²) in [6.07, 6.45) is 2.17.